The molecule has 1 saturated heterocycles. The van der Waals surface area contributed by atoms with Crippen LogP contribution >= 0.6 is 0 Å². The Labute approximate surface area is 268 Å². The summed E-state index contributed by atoms with van der Waals surface area (Å²) in [6, 6.07) is 0. The zero-order valence-electron chi connectivity index (χ0n) is 27.8. The van der Waals surface area contributed by atoms with Gasteiger partial charge in [0.2, 0.25) is 0 Å². The van der Waals surface area contributed by atoms with Crippen LogP contribution in [0.5, 0.6) is 0 Å². The molecule has 1 heterocycles. The van der Waals surface area contributed by atoms with E-state index in [4.69, 9.17) is 28.4 Å². The molecule has 0 amide bonds. The Morgan fingerprint density at radius 2 is 1.41 bits per heavy atom. The molecule has 11 atom stereocenters. The van der Waals surface area contributed by atoms with E-state index in [2.05, 4.69) is 0 Å². The minimum absolute atomic E-state index is 0.0312. The third kappa shape index (κ3) is 6.78. The van der Waals surface area contributed by atoms with E-state index in [1.807, 2.05) is 0 Å². The highest BCUT2D eigenvalue weighted by atomic mass is 16.6. The second-order valence-corrected chi connectivity index (χ2v) is 13.0. The van der Waals surface area contributed by atoms with Gasteiger partial charge in [0, 0.05) is 58.8 Å². The fourth-order valence-corrected chi connectivity index (χ4v) is 7.46. The highest BCUT2D eigenvalue weighted by Crippen LogP contribution is 2.58. The first-order chi connectivity index (χ1) is 21.2. The van der Waals surface area contributed by atoms with Gasteiger partial charge < -0.3 is 38.6 Å². The van der Waals surface area contributed by atoms with Crippen molar-refractivity contribution in [1.29, 1.82) is 0 Å². The number of carbonyl (C=O) groups is 6. The molecule has 0 aromatic heterocycles. The fraction of sp³-hybridized carbons (Fsp3) is 0.750. The SMILES string of the molecule is CCCC(=O)O[C@H]1C/C(C)=C\[C@@H]2OC(=O)[C@](C)(O)[C@]2(O)[C@@H](OC(C)=O)C2[C@@H](C)[C@@H](OC(C)=O)CC(OC(C)=O)[C@]2(C)[C@H]1OC(C)=O. The Hall–Kier alpha value is -3.52. The summed E-state index contributed by atoms with van der Waals surface area (Å²) in [5.74, 6) is -7.19. The predicted octanol–water partition coefficient (Wildman–Crippen LogP) is 1.84. The van der Waals surface area contributed by atoms with Gasteiger partial charge in [-0.15, -0.1) is 0 Å². The molecule has 0 bridgehead atoms. The summed E-state index contributed by atoms with van der Waals surface area (Å²) < 4.78 is 34.7. The lowest BCUT2D eigenvalue weighted by molar-refractivity contribution is -0.273. The lowest BCUT2D eigenvalue weighted by Gasteiger charge is -2.59. The molecule has 2 N–H and O–H groups in total. The number of fused-ring (bicyclic) bond motifs is 2. The van der Waals surface area contributed by atoms with Gasteiger partial charge >= 0.3 is 35.8 Å². The van der Waals surface area contributed by atoms with Crippen molar-refractivity contribution in [3.63, 3.8) is 0 Å². The molecule has 2 unspecified atom stereocenters. The maximum Gasteiger partial charge on any atom is 0.341 e. The normalized spacial score (nSPS) is 40.1. The van der Waals surface area contributed by atoms with E-state index in [1.54, 1.807) is 27.7 Å². The summed E-state index contributed by atoms with van der Waals surface area (Å²) in [4.78, 5) is 76.7. The van der Waals surface area contributed by atoms with Crippen molar-refractivity contribution in [2.45, 2.75) is 136 Å². The van der Waals surface area contributed by atoms with Crippen LogP contribution in [-0.4, -0.2) is 93.9 Å². The fourth-order valence-electron chi connectivity index (χ4n) is 7.46. The van der Waals surface area contributed by atoms with E-state index < -0.39 is 101 Å². The summed E-state index contributed by atoms with van der Waals surface area (Å²) in [6.45, 7) is 12.1. The van der Waals surface area contributed by atoms with Crippen molar-refractivity contribution >= 4 is 35.8 Å². The van der Waals surface area contributed by atoms with Crippen LogP contribution in [0.2, 0.25) is 0 Å². The number of hydrogen-bond donors (Lipinski definition) is 2. The maximum atomic E-state index is 13.2. The molecular formula is C32H46O14. The zero-order chi connectivity index (χ0) is 34.9. The molecule has 0 radical (unpaired) electrons. The third-order valence-corrected chi connectivity index (χ3v) is 9.47. The highest BCUT2D eigenvalue weighted by Gasteiger charge is 2.75. The Balaban J connectivity index is 2.53. The summed E-state index contributed by atoms with van der Waals surface area (Å²) in [7, 11) is 0. The monoisotopic (exact) mass is 654 g/mol. The molecule has 0 aromatic carbocycles. The van der Waals surface area contributed by atoms with Crippen LogP contribution < -0.4 is 0 Å². The number of rotatable bonds is 7. The van der Waals surface area contributed by atoms with Crippen LogP contribution in [0.3, 0.4) is 0 Å². The first-order valence-electron chi connectivity index (χ1n) is 15.4. The van der Waals surface area contributed by atoms with Crippen LogP contribution in [0.4, 0.5) is 0 Å². The van der Waals surface area contributed by atoms with Gasteiger partial charge in [0.05, 0.1) is 5.41 Å². The van der Waals surface area contributed by atoms with Crippen LogP contribution in [0.15, 0.2) is 11.6 Å². The predicted molar refractivity (Wildman–Crippen MR) is 156 cm³/mol. The van der Waals surface area contributed by atoms with E-state index in [9.17, 15) is 39.0 Å². The quantitative estimate of drug-likeness (QED) is 0.229. The van der Waals surface area contributed by atoms with Gasteiger partial charge in [-0.3, -0.25) is 24.0 Å². The molecule has 1 saturated carbocycles. The van der Waals surface area contributed by atoms with Crippen molar-refractivity contribution in [3.8, 4) is 0 Å². The average Bonchev–Trinajstić information content (AvgIpc) is 3.07. The van der Waals surface area contributed by atoms with E-state index in [0.29, 0.717) is 12.0 Å². The smallest absolute Gasteiger partial charge is 0.341 e. The maximum absolute atomic E-state index is 13.2. The summed E-state index contributed by atoms with van der Waals surface area (Å²) in [5.41, 5.74) is -6.65. The molecule has 2 fully saturated rings. The van der Waals surface area contributed by atoms with E-state index in [1.165, 1.54) is 13.0 Å². The first kappa shape index (κ1) is 36.9. The molecule has 2 aliphatic carbocycles. The van der Waals surface area contributed by atoms with Crippen molar-refractivity contribution in [2.24, 2.45) is 17.3 Å². The Morgan fingerprint density at radius 3 is 1.93 bits per heavy atom. The van der Waals surface area contributed by atoms with E-state index in [-0.39, 0.29) is 19.3 Å². The summed E-state index contributed by atoms with van der Waals surface area (Å²) in [5, 5.41) is 24.2. The molecule has 3 rings (SSSR count). The number of ether oxygens (including phenoxy) is 6. The summed E-state index contributed by atoms with van der Waals surface area (Å²) >= 11 is 0. The number of carbonyl (C=O) groups excluding carboxylic acids is 6. The Bertz CT molecular complexity index is 1270. The van der Waals surface area contributed by atoms with Gasteiger partial charge in [0.15, 0.2) is 17.3 Å². The number of aliphatic hydroxyl groups is 2. The van der Waals surface area contributed by atoms with Crippen molar-refractivity contribution in [3.05, 3.63) is 11.6 Å². The first-order valence-corrected chi connectivity index (χ1v) is 15.4. The molecule has 0 spiro atoms. The number of hydrogen-bond acceptors (Lipinski definition) is 14. The van der Waals surface area contributed by atoms with E-state index >= 15 is 0 Å². The molecule has 0 aromatic rings. The van der Waals surface area contributed by atoms with Crippen molar-refractivity contribution in [2.75, 3.05) is 0 Å². The van der Waals surface area contributed by atoms with Gasteiger partial charge in [-0.05, 0) is 26.3 Å². The van der Waals surface area contributed by atoms with Gasteiger partial charge in [-0.2, -0.15) is 0 Å². The minimum atomic E-state index is -2.68. The minimum Gasteiger partial charge on any atom is -0.462 e. The molecule has 1 aliphatic heterocycles. The second kappa shape index (κ2) is 13.7. The van der Waals surface area contributed by atoms with Crippen LogP contribution in [0, 0.1) is 17.3 Å². The van der Waals surface area contributed by atoms with E-state index in [0.717, 1.165) is 27.7 Å². The lowest BCUT2D eigenvalue weighted by atomic mass is 9.52. The molecule has 14 heteroatoms. The molecular weight excluding hydrogens is 608 g/mol. The standard InChI is InChI=1S/C32H46O14/c1-10-11-25(37)45-22-12-15(2)13-24-32(40,31(9,39)29(38)46-24)28(44-20(7)36)26-16(3)21(41-17(4)33)14-23(42-18(5)34)30(26,8)27(22)43-19(6)35/h13,16,21-24,26-28,39-40H,10-12,14H2,1-9H3/b15-13-/t16-,21-,22-,23?,24-,26?,27-,28-,30-,31-,32+/m0/s1. The topological polar surface area (TPSA) is 198 Å². The van der Waals surface area contributed by atoms with Gasteiger partial charge in [0.25, 0.3) is 0 Å². The largest absolute Gasteiger partial charge is 0.462 e. The molecule has 46 heavy (non-hydrogen) atoms. The van der Waals surface area contributed by atoms with Crippen LogP contribution in [0.1, 0.15) is 88.0 Å². The Kier molecular flexibility index (Phi) is 11.0. The van der Waals surface area contributed by atoms with Crippen molar-refractivity contribution in [1.82, 2.24) is 0 Å². The second-order valence-electron chi connectivity index (χ2n) is 13.0. The number of esters is 6. The zero-order valence-corrected chi connectivity index (χ0v) is 27.8. The Morgan fingerprint density at radius 1 is 0.870 bits per heavy atom. The van der Waals surface area contributed by atoms with Gasteiger partial charge in [-0.1, -0.05) is 26.3 Å². The average molecular weight is 655 g/mol. The highest BCUT2D eigenvalue weighted by molar-refractivity contribution is 5.84. The lowest BCUT2D eigenvalue weighted by Crippen LogP contribution is -2.73. The third-order valence-electron chi connectivity index (χ3n) is 9.47. The molecule has 14 nitrogen and oxygen atoms in total. The molecule has 3 aliphatic rings. The summed E-state index contributed by atoms with van der Waals surface area (Å²) in [6.07, 6.45) is -6.78. The van der Waals surface area contributed by atoms with Gasteiger partial charge in [-0.25, -0.2) is 4.79 Å². The van der Waals surface area contributed by atoms with Crippen LogP contribution in [0.25, 0.3) is 0 Å². The van der Waals surface area contributed by atoms with Crippen LogP contribution in [-0.2, 0) is 57.2 Å². The van der Waals surface area contributed by atoms with Gasteiger partial charge in [0.1, 0.15) is 30.5 Å². The van der Waals surface area contributed by atoms with Crippen molar-refractivity contribution < 1.29 is 67.4 Å². The molecule has 258 valence electrons.